The molecule has 2 atom stereocenters. The number of nitrogens with two attached hydrogens (primary N) is 1. The van der Waals surface area contributed by atoms with Gasteiger partial charge in [0, 0.05) is 24.5 Å². The molecule has 2 aliphatic rings. The van der Waals surface area contributed by atoms with Gasteiger partial charge in [0.15, 0.2) is 0 Å². The number of carbonyl (C=O) groups is 1. The maximum atomic E-state index is 13.0. The van der Waals surface area contributed by atoms with Gasteiger partial charge in [0.05, 0.1) is 22.8 Å². The van der Waals surface area contributed by atoms with Gasteiger partial charge in [0.2, 0.25) is 0 Å². The van der Waals surface area contributed by atoms with Crippen LogP contribution in [0.1, 0.15) is 58.0 Å². The van der Waals surface area contributed by atoms with E-state index in [1.54, 1.807) is 11.3 Å². The van der Waals surface area contributed by atoms with Crippen molar-refractivity contribution >= 4 is 17.2 Å². The van der Waals surface area contributed by atoms with E-state index in [9.17, 15) is 4.79 Å². The lowest BCUT2D eigenvalue weighted by Crippen LogP contribution is -2.40. The molecule has 1 saturated heterocycles. The highest BCUT2D eigenvalue weighted by atomic mass is 32.1. The molecule has 6 nitrogen and oxygen atoms in total. The fourth-order valence-corrected chi connectivity index (χ4v) is 5.08. The predicted octanol–water partition coefficient (Wildman–Crippen LogP) is 2.40. The van der Waals surface area contributed by atoms with Crippen LogP contribution >= 0.6 is 11.3 Å². The van der Waals surface area contributed by atoms with Crippen molar-refractivity contribution in [2.45, 2.75) is 51.6 Å². The topological polar surface area (TPSA) is 77.0 Å². The van der Waals surface area contributed by atoms with Gasteiger partial charge in [-0.1, -0.05) is 12.1 Å². The molecule has 3 heterocycles. The number of carbonyl (C=O) groups excluding carboxylic acids is 1. The molecule has 1 amide bonds. The fourth-order valence-electron chi connectivity index (χ4n) is 3.91. The van der Waals surface area contributed by atoms with Crippen molar-refractivity contribution in [3.8, 4) is 0 Å². The van der Waals surface area contributed by atoms with Crippen LogP contribution in [0.2, 0.25) is 0 Å². The Morgan fingerprint density at radius 3 is 3.12 bits per heavy atom. The largest absolute Gasteiger partial charge is 0.336 e. The van der Waals surface area contributed by atoms with Crippen LogP contribution in [0.4, 0.5) is 0 Å². The molecule has 1 fully saturated rings. The summed E-state index contributed by atoms with van der Waals surface area (Å²) in [5, 5.41) is 8.27. The van der Waals surface area contributed by atoms with Crippen LogP contribution < -0.4 is 5.73 Å². The summed E-state index contributed by atoms with van der Waals surface area (Å²) in [5.41, 5.74) is 7.81. The molecule has 0 radical (unpaired) electrons. The zero-order valence-electron chi connectivity index (χ0n) is 14.6. The second kappa shape index (κ2) is 6.88. The summed E-state index contributed by atoms with van der Waals surface area (Å²) < 4.78 is 1.88. The summed E-state index contributed by atoms with van der Waals surface area (Å²) in [5.74, 6) is 0.907. The lowest BCUT2D eigenvalue weighted by atomic mass is 9.90. The quantitative estimate of drug-likeness (QED) is 0.913. The lowest BCUT2D eigenvalue weighted by molar-refractivity contribution is 0.0676. The molecule has 134 valence electrons. The van der Waals surface area contributed by atoms with Gasteiger partial charge in [-0.05, 0) is 49.7 Å². The minimum atomic E-state index is 0.177. The number of hydrogen-bond acceptors (Lipinski definition) is 5. The highest BCUT2D eigenvalue weighted by Gasteiger charge is 2.28. The van der Waals surface area contributed by atoms with Gasteiger partial charge in [-0.25, -0.2) is 4.68 Å². The molecule has 2 aromatic rings. The highest BCUT2D eigenvalue weighted by molar-refractivity contribution is 7.14. The van der Waals surface area contributed by atoms with Gasteiger partial charge in [0.1, 0.15) is 0 Å². The number of rotatable bonds is 3. The van der Waals surface area contributed by atoms with Crippen LogP contribution in [0.5, 0.6) is 0 Å². The standard InChI is InChI=1S/C18H25N5OS/c1-12-4-5-16-13(7-12)8-17(25-16)18(24)22-6-2-3-15(11-22)23-10-14(9-19)20-21-23/h8,10,12,15H,2-7,9,11,19H2,1H3. The second-order valence-electron chi connectivity index (χ2n) is 7.35. The van der Waals surface area contributed by atoms with Crippen LogP contribution in [0, 0.1) is 5.92 Å². The summed E-state index contributed by atoms with van der Waals surface area (Å²) in [6.07, 6.45) is 7.40. The Kier molecular flexibility index (Phi) is 4.60. The van der Waals surface area contributed by atoms with Crippen LogP contribution in [0.15, 0.2) is 12.3 Å². The summed E-state index contributed by atoms with van der Waals surface area (Å²) in [7, 11) is 0. The fraction of sp³-hybridized carbons (Fsp3) is 0.611. The van der Waals surface area contributed by atoms with Crippen molar-refractivity contribution in [3.05, 3.63) is 33.3 Å². The molecule has 4 rings (SSSR count). The first kappa shape index (κ1) is 16.7. The van der Waals surface area contributed by atoms with Crippen molar-refractivity contribution in [3.63, 3.8) is 0 Å². The van der Waals surface area contributed by atoms with E-state index >= 15 is 0 Å². The molecule has 0 spiro atoms. The van der Waals surface area contributed by atoms with E-state index in [4.69, 9.17) is 5.73 Å². The third-order valence-corrected chi connectivity index (χ3v) is 6.59. The van der Waals surface area contributed by atoms with E-state index in [2.05, 4.69) is 23.3 Å². The van der Waals surface area contributed by atoms with E-state index in [1.165, 1.54) is 16.9 Å². The first-order valence-electron chi connectivity index (χ1n) is 9.15. The van der Waals surface area contributed by atoms with Gasteiger partial charge < -0.3 is 10.6 Å². The van der Waals surface area contributed by atoms with Crippen molar-refractivity contribution in [2.75, 3.05) is 13.1 Å². The van der Waals surface area contributed by atoms with Gasteiger partial charge in [-0.3, -0.25) is 4.79 Å². The summed E-state index contributed by atoms with van der Waals surface area (Å²) >= 11 is 1.70. The number of likely N-dealkylation sites (tertiary alicyclic amines) is 1. The normalized spacial score (nSPS) is 23.5. The van der Waals surface area contributed by atoms with Crippen molar-refractivity contribution in [1.82, 2.24) is 19.9 Å². The van der Waals surface area contributed by atoms with Crippen molar-refractivity contribution in [1.29, 1.82) is 0 Å². The molecule has 25 heavy (non-hydrogen) atoms. The summed E-state index contributed by atoms with van der Waals surface area (Å²) in [6, 6.07) is 2.34. The van der Waals surface area contributed by atoms with Crippen LogP contribution in [-0.2, 0) is 19.4 Å². The second-order valence-corrected chi connectivity index (χ2v) is 8.49. The molecule has 2 N–H and O–H groups in total. The van der Waals surface area contributed by atoms with E-state index in [0.29, 0.717) is 13.1 Å². The van der Waals surface area contributed by atoms with E-state index in [0.717, 1.165) is 48.7 Å². The molecular formula is C18H25N5OS. The van der Waals surface area contributed by atoms with E-state index in [-0.39, 0.29) is 11.9 Å². The van der Waals surface area contributed by atoms with E-state index < -0.39 is 0 Å². The molecular weight excluding hydrogens is 334 g/mol. The third-order valence-electron chi connectivity index (χ3n) is 5.36. The van der Waals surface area contributed by atoms with Crippen molar-refractivity contribution < 1.29 is 4.79 Å². The van der Waals surface area contributed by atoms with Crippen LogP contribution in [0.25, 0.3) is 0 Å². The van der Waals surface area contributed by atoms with Gasteiger partial charge >= 0.3 is 0 Å². The van der Waals surface area contributed by atoms with Crippen molar-refractivity contribution in [2.24, 2.45) is 11.7 Å². The molecule has 2 unspecified atom stereocenters. The molecule has 0 saturated carbocycles. The highest BCUT2D eigenvalue weighted by Crippen LogP contribution is 2.33. The Labute approximate surface area is 152 Å². The minimum absolute atomic E-state index is 0.177. The van der Waals surface area contributed by atoms with Crippen LogP contribution in [-0.4, -0.2) is 38.9 Å². The predicted molar refractivity (Wildman–Crippen MR) is 97.6 cm³/mol. The van der Waals surface area contributed by atoms with Gasteiger partial charge in [-0.15, -0.1) is 16.4 Å². The zero-order valence-corrected chi connectivity index (χ0v) is 15.5. The number of aromatic nitrogens is 3. The monoisotopic (exact) mass is 359 g/mol. The number of fused-ring (bicyclic) bond motifs is 1. The maximum absolute atomic E-state index is 13.0. The average molecular weight is 359 g/mol. The Balaban J connectivity index is 1.48. The number of amides is 1. The lowest BCUT2D eigenvalue weighted by Gasteiger charge is -2.32. The van der Waals surface area contributed by atoms with Gasteiger partial charge in [-0.2, -0.15) is 0 Å². The first-order chi connectivity index (χ1) is 12.1. The smallest absolute Gasteiger partial charge is 0.264 e. The van der Waals surface area contributed by atoms with E-state index in [1.807, 2.05) is 15.8 Å². The number of nitrogens with zero attached hydrogens (tertiary/aromatic N) is 4. The minimum Gasteiger partial charge on any atom is -0.336 e. The Morgan fingerprint density at radius 2 is 2.32 bits per heavy atom. The summed E-state index contributed by atoms with van der Waals surface area (Å²) in [4.78, 5) is 17.3. The first-order valence-corrected chi connectivity index (χ1v) is 9.97. The maximum Gasteiger partial charge on any atom is 0.264 e. The Hall–Kier alpha value is -1.73. The average Bonchev–Trinajstić information content (AvgIpc) is 3.27. The molecule has 2 aromatic heterocycles. The number of hydrogen-bond donors (Lipinski definition) is 1. The number of thiophene rings is 1. The summed E-state index contributed by atoms with van der Waals surface area (Å²) in [6.45, 7) is 4.22. The Bertz CT molecular complexity index is 767. The molecule has 0 bridgehead atoms. The van der Waals surface area contributed by atoms with Gasteiger partial charge in [0.25, 0.3) is 5.91 Å². The molecule has 0 aromatic carbocycles. The van der Waals surface area contributed by atoms with Crippen LogP contribution in [0.3, 0.4) is 0 Å². The zero-order chi connectivity index (χ0) is 17.4. The molecule has 7 heteroatoms. The molecule has 1 aliphatic carbocycles. The number of piperidine rings is 1. The Morgan fingerprint density at radius 1 is 1.44 bits per heavy atom. The molecule has 1 aliphatic heterocycles. The number of aryl methyl sites for hydroxylation is 1. The SMILES string of the molecule is CC1CCc2sc(C(=O)N3CCCC(n4cc(CN)nn4)C3)cc2C1. The third kappa shape index (κ3) is 3.35.